The second-order valence-electron chi connectivity index (χ2n) is 2.19. The van der Waals surface area contributed by atoms with Gasteiger partial charge in [-0.1, -0.05) is 13.8 Å². The molecule has 11 heavy (non-hydrogen) atoms. The van der Waals surface area contributed by atoms with Gasteiger partial charge in [0.15, 0.2) is 0 Å². The van der Waals surface area contributed by atoms with Gasteiger partial charge in [-0.05, 0) is 6.92 Å². The molecule has 0 bridgehead atoms. The van der Waals surface area contributed by atoms with Crippen LogP contribution >= 0.6 is 0 Å². The van der Waals surface area contributed by atoms with Gasteiger partial charge in [0.2, 0.25) is 0 Å². The predicted molar refractivity (Wildman–Crippen MR) is 44.6 cm³/mol. The predicted octanol–water partition coefficient (Wildman–Crippen LogP) is 0.590. The molecular weight excluding hydrogens is 142 g/mol. The molecule has 0 aliphatic carbocycles. The first-order chi connectivity index (χ1) is 5.30. The molecule has 1 saturated heterocycles. The van der Waals surface area contributed by atoms with Crippen molar-refractivity contribution < 1.29 is 9.53 Å². The molecule has 1 heterocycles. The zero-order valence-electron chi connectivity index (χ0n) is 7.52. The Morgan fingerprint density at radius 3 is 2.45 bits per heavy atom. The number of carbonyl (C=O) groups is 1. The second kappa shape index (κ2) is 6.31. The Morgan fingerprint density at radius 2 is 2.18 bits per heavy atom. The van der Waals surface area contributed by atoms with Crippen molar-refractivity contribution in [3.05, 3.63) is 0 Å². The lowest BCUT2D eigenvalue weighted by Crippen LogP contribution is -2.45. The highest BCUT2D eigenvalue weighted by Crippen LogP contribution is 1.92. The molecule has 1 unspecified atom stereocenters. The van der Waals surface area contributed by atoms with Gasteiger partial charge in [-0.2, -0.15) is 0 Å². The molecule has 0 spiro atoms. The van der Waals surface area contributed by atoms with Crippen LogP contribution in [0.25, 0.3) is 0 Å². The third-order valence-electron chi connectivity index (χ3n) is 1.41. The monoisotopic (exact) mass is 159 g/mol. The van der Waals surface area contributed by atoms with Crippen molar-refractivity contribution >= 4 is 5.78 Å². The number of ketones is 1. The van der Waals surface area contributed by atoms with E-state index in [4.69, 9.17) is 4.74 Å². The molecule has 0 amide bonds. The maximum Gasteiger partial charge on any atom is 0.149 e. The molecule has 0 aromatic carbocycles. The van der Waals surface area contributed by atoms with Gasteiger partial charge in [0.05, 0.1) is 19.3 Å². The largest absolute Gasteiger partial charge is 0.378 e. The molecule has 0 saturated carbocycles. The standard InChI is InChI=1S/C6H11NO2.C2H6/c1-5(8)6-4-9-3-2-7-6;1-2/h6-7H,2-4H2,1H3;1-2H3. The van der Waals surface area contributed by atoms with Crippen LogP contribution in [0.5, 0.6) is 0 Å². The minimum absolute atomic E-state index is 0.0567. The van der Waals surface area contributed by atoms with E-state index in [1.807, 2.05) is 13.8 Å². The summed E-state index contributed by atoms with van der Waals surface area (Å²) in [5.41, 5.74) is 0. The highest BCUT2D eigenvalue weighted by molar-refractivity contribution is 5.81. The Balaban J connectivity index is 0.000000461. The molecule has 1 N–H and O–H groups in total. The summed E-state index contributed by atoms with van der Waals surface area (Å²) in [6, 6.07) is -0.0567. The van der Waals surface area contributed by atoms with Crippen LogP contribution in [0.4, 0.5) is 0 Å². The molecule has 1 atom stereocenters. The smallest absolute Gasteiger partial charge is 0.149 e. The van der Waals surface area contributed by atoms with Crippen LogP contribution in [-0.2, 0) is 9.53 Å². The van der Waals surface area contributed by atoms with Gasteiger partial charge < -0.3 is 10.1 Å². The number of hydrogen-bond donors (Lipinski definition) is 1. The Labute approximate surface area is 68.1 Å². The molecule has 0 aromatic rings. The molecule has 3 heteroatoms. The molecule has 1 aliphatic heterocycles. The molecule has 0 radical (unpaired) electrons. The van der Waals surface area contributed by atoms with Crippen LogP contribution in [-0.4, -0.2) is 31.6 Å². The fourth-order valence-corrected chi connectivity index (χ4v) is 0.827. The van der Waals surface area contributed by atoms with E-state index < -0.39 is 0 Å². The Bertz CT molecular complexity index is 109. The van der Waals surface area contributed by atoms with E-state index in [9.17, 15) is 4.79 Å². The number of morpholine rings is 1. The quantitative estimate of drug-likeness (QED) is 0.608. The van der Waals surface area contributed by atoms with Gasteiger partial charge in [0.25, 0.3) is 0 Å². The van der Waals surface area contributed by atoms with Gasteiger partial charge >= 0.3 is 0 Å². The summed E-state index contributed by atoms with van der Waals surface area (Å²) < 4.78 is 5.06. The first-order valence-corrected chi connectivity index (χ1v) is 4.12. The van der Waals surface area contributed by atoms with Gasteiger partial charge in [-0.3, -0.25) is 4.79 Å². The van der Waals surface area contributed by atoms with Crippen molar-refractivity contribution in [3.8, 4) is 0 Å². The van der Waals surface area contributed by atoms with Crippen LogP contribution in [0.1, 0.15) is 20.8 Å². The van der Waals surface area contributed by atoms with E-state index in [2.05, 4.69) is 5.32 Å². The summed E-state index contributed by atoms with van der Waals surface area (Å²) in [5.74, 6) is 0.162. The first kappa shape index (κ1) is 10.6. The highest BCUT2D eigenvalue weighted by atomic mass is 16.5. The molecule has 1 aliphatic rings. The van der Waals surface area contributed by atoms with Crippen LogP contribution < -0.4 is 5.32 Å². The lowest BCUT2D eigenvalue weighted by atomic mass is 10.2. The molecule has 0 aromatic heterocycles. The first-order valence-electron chi connectivity index (χ1n) is 4.12. The van der Waals surface area contributed by atoms with Crippen molar-refractivity contribution in [2.24, 2.45) is 0 Å². The fourth-order valence-electron chi connectivity index (χ4n) is 0.827. The zero-order valence-corrected chi connectivity index (χ0v) is 7.52. The minimum Gasteiger partial charge on any atom is -0.378 e. The van der Waals surface area contributed by atoms with E-state index in [0.717, 1.165) is 13.2 Å². The summed E-state index contributed by atoms with van der Waals surface area (Å²) in [5, 5.41) is 3.04. The summed E-state index contributed by atoms with van der Waals surface area (Å²) in [7, 11) is 0. The molecule has 1 rings (SSSR count). The second-order valence-corrected chi connectivity index (χ2v) is 2.19. The minimum atomic E-state index is -0.0567. The average Bonchev–Trinajstić information content (AvgIpc) is 2.10. The third-order valence-corrected chi connectivity index (χ3v) is 1.41. The SMILES string of the molecule is CC.CC(=O)C1COCCN1. The van der Waals surface area contributed by atoms with Crippen molar-refractivity contribution in [2.45, 2.75) is 26.8 Å². The van der Waals surface area contributed by atoms with E-state index in [-0.39, 0.29) is 11.8 Å². The van der Waals surface area contributed by atoms with E-state index in [1.165, 1.54) is 0 Å². The number of ether oxygens (including phenoxy) is 1. The van der Waals surface area contributed by atoms with Gasteiger partial charge in [0.1, 0.15) is 5.78 Å². The van der Waals surface area contributed by atoms with Crippen LogP contribution in [0.3, 0.4) is 0 Å². The maximum absolute atomic E-state index is 10.7. The molecule has 66 valence electrons. The van der Waals surface area contributed by atoms with E-state index >= 15 is 0 Å². The van der Waals surface area contributed by atoms with E-state index in [1.54, 1.807) is 6.92 Å². The Hall–Kier alpha value is -0.410. The lowest BCUT2D eigenvalue weighted by molar-refractivity contribution is -0.121. The summed E-state index contributed by atoms with van der Waals surface area (Å²) in [6.45, 7) is 7.63. The maximum atomic E-state index is 10.7. The third kappa shape index (κ3) is 4.11. The van der Waals surface area contributed by atoms with Crippen molar-refractivity contribution in [1.29, 1.82) is 0 Å². The van der Waals surface area contributed by atoms with Crippen LogP contribution in [0.15, 0.2) is 0 Å². The van der Waals surface area contributed by atoms with Gasteiger partial charge in [-0.15, -0.1) is 0 Å². The summed E-state index contributed by atoms with van der Waals surface area (Å²) in [6.07, 6.45) is 0. The number of rotatable bonds is 1. The lowest BCUT2D eigenvalue weighted by Gasteiger charge is -2.20. The zero-order chi connectivity index (χ0) is 8.69. The van der Waals surface area contributed by atoms with E-state index in [0.29, 0.717) is 6.61 Å². The Kier molecular flexibility index (Phi) is 6.07. The highest BCUT2D eigenvalue weighted by Gasteiger charge is 2.16. The number of carbonyl (C=O) groups excluding carboxylic acids is 1. The van der Waals surface area contributed by atoms with Crippen molar-refractivity contribution in [1.82, 2.24) is 5.32 Å². The number of hydrogen-bond acceptors (Lipinski definition) is 3. The molecular formula is C8H17NO2. The summed E-state index contributed by atoms with van der Waals surface area (Å²) in [4.78, 5) is 10.7. The van der Waals surface area contributed by atoms with Crippen molar-refractivity contribution in [3.63, 3.8) is 0 Å². The van der Waals surface area contributed by atoms with Gasteiger partial charge in [0, 0.05) is 6.54 Å². The summed E-state index contributed by atoms with van der Waals surface area (Å²) >= 11 is 0. The Morgan fingerprint density at radius 1 is 1.55 bits per heavy atom. The number of nitrogens with one attached hydrogen (secondary N) is 1. The molecule has 1 fully saturated rings. The normalized spacial score (nSPS) is 23.4. The topological polar surface area (TPSA) is 38.3 Å². The van der Waals surface area contributed by atoms with Crippen LogP contribution in [0.2, 0.25) is 0 Å². The van der Waals surface area contributed by atoms with Gasteiger partial charge in [-0.25, -0.2) is 0 Å². The molecule has 3 nitrogen and oxygen atoms in total. The average molecular weight is 159 g/mol. The number of Topliss-reactive ketones (excluding diaryl/α,β-unsaturated/α-hetero) is 1. The fraction of sp³-hybridized carbons (Fsp3) is 0.875. The van der Waals surface area contributed by atoms with Crippen molar-refractivity contribution in [2.75, 3.05) is 19.8 Å². The van der Waals surface area contributed by atoms with Crippen LogP contribution in [0, 0.1) is 0 Å².